The van der Waals surface area contributed by atoms with Gasteiger partial charge in [0, 0.05) is 37.7 Å². The number of nitrogens with zero attached hydrogens (tertiary/aromatic N) is 2. The Kier molecular flexibility index (Phi) is 15.3. The maximum atomic E-state index is 14.6. The number of aliphatic hydroxyl groups is 2. The number of aliphatic hydroxyl groups excluding tert-OH is 2. The average molecular weight is 908 g/mol. The van der Waals surface area contributed by atoms with Crippen molar-refractivity contribution in [3.8, 4) is 39.9 Å². The van der Waals surface area contributed by atoms with Gasteiger partial charge >= 0.3 is 6.09 Å². The second-order valence-electron chi connectivity index (χ2n) is 16.8. The Bertz CT molecular complexity index is 2300. The van der Waals surface area contributed by atoms with E-state index in [0.29, 0.717) is 53.9 Å². The van der Waals surface area contributed by atoms with Gasteiger partial charge in [0.25, 0.3) is 0 Å². The van der Waals surface area contributed by atoms with Crippen molar-refractivity contribution < 1.29 is 48.3 Å². The molecular formula is C52H59ClN2O10. The van der Waals surface area contributed by atoms with E-state index in [1.165, 1.54) is 0 Å². The fourth-order valence-corrected chi connectivity index (χ4v) is 10.2. The van der Waals surface area contributed by atoms with Gasteiger partial charge in [-0.25, -0.2) is 4.79 Å². The first-order valence-electron chi connectivity index (χ1n) is 22.8. The molecule has 1 saturated carbocycles. The molecule has 0 radical (unpaired) electrons. The molecule has 0 spiro atoms. The third kappa shape index (κ3) is 10.0. The summed E-state index contributed by atoms with van der Waals surface area (Å²) in [5.41, 5.74) is 5.55. The first-order valence-corrected chi connectivity index (χ1v) is 23.4. The van der Waals surface area contributed by atoms with Gasteiger partial charge in [-0.1, -0.05) is 78.7 Å². The van der Waals surface area contributed by atoms with Gasteiger partial charge in [0.15, 0.2) is 11.5 Å². The number of alkyl halides is 1. The molecule has 0 aromatic heterocycles. The lowest BCUT2D eigenvalue weighted by Crippen LogP contribution is -2.70. The van der Waals surface area contributed by atoms with Gasteiger partial charge in [0.1, 0.15) is 36.5 Å². The van der Waals surface area contributed by atoms with E-state index in [0.717, 1.165) is 53.5 Å². The van der Waals surface area contributed by atoms with Crippen LogP contribution in [0.15, 0.2) is 120 Å². The van der Waals surface area contributed by atoms with Gasteiger partial charge in [0.2, 0.25) is 12.6 Å². The van der Waals surface area contributed by atoms with Crippen LogP contribution in [-0.2, 0) is 20.9 Å². The fourth-order valence-electron chi connectivity index (χ4n) is 10.1. The SMILES string of the molecule is C=CCO[C@@]12Oc3ccc(Oc4ccc(-c5ccccc5)cc4)cc3[C@H]3[C@H](CCCCO)[C@@H](CCCCO)C=C(C(=NOCC)C[C@@H]1N(Cc1ccc4c(c1)OCO4)C(=O)OCCCl)[C@H]32. The summed E-state index contributed by atoms with van der Waals surface area (Å²) in [5, 5.41) is 24.8. The van der Waals surface area contributed by atoms with Crippen LogP contribution in [0.1, 0.15) is 68.9 Å². The number of unbranched alkanes of at least 4 members (excludes halogenated alkanes) is 2. The molecule has 8 rings (SSSR count). The number of hydrogen-bond donors (Lipinski definition) is 2. The molecule has 4 aromatic rings. The largest absolute Gasteiger partial charge is 0.459 e. The maximum absolute atomic E-state index is 14.6. The minimum absolute atomic E-state index is 0.00768. The fraction of sp³-hybridized carbons (Fsp3) is 0.423. The van der Waals surface area contributed by atoms with Crippen molar-refractivity contribution in [3.05, 3.63) is 126 Å². The molecule has 0 bridgehead atoms. The van der Waals surface area contributed by atoms with Gasteiger partial charge in [-0.15, -0.1) is 18.2 Å². The molecule has 1 fully saturated rings. The Labute approximate surface area is 386 Å². The van der Waals surface area contributed by atoms with Crippen LogP contribution in [0.5, 0.6) is 28.7 Å². The molecule has 4 aromatic carbocycles. The van der Waals surface area contributed by atoms with Crippen LogP contribution in [-0.4, -0.2) is 84.5 Å². The molecule has 13 heteroatoms. The molecule has 65 heavy (non-hydrogen) atoms. The van der Waals surface area contributed by atoms with E-state index >= 15 is 0 Å². The molecular weight excluding hydrogens is 848 g/mol. The Hall–Kier alpha value is -5.53. The van der Waals surface area contributed by atoms with Gasteiger partial charge < -0.3 is 43.5 Å². The van der Waals surface area contributed by atoms with Crippen LogP contribution in [0.4, 0.5) is 4.79 Å². The Morgan fingerprint density at radius 2 is 1.65 bits per heavy atom. The average Bonchev–Trinajstić information content (AvgIpc) is 3.81. The normalized spacial score (nSPS) is 23.1. The van der Waals surface area contributed by atoms with Crippen molar-refractivity contribution >= 4 is 23.4 Å². The molecule has 0 unspecified atom stereocenters. The molecule has 2 aliphatic carbocycles. The molecule has 4 aliphatic rings. The number of rotatable bonds is 21. The first-order chi connectivity index (χ1) is 31.9. The zero-order chi connectivity index (χ0) is 45.2. The number of allylic oxidation sites excluding steroid dienone is 1. The van der Waals surface area contributed by atoms with Crippen LogP contribution in [0.2, 0.25) is 0 Å². The van der Waals surface area contributed by atoms with Crippen LogP contribution >= 0.6 is 11.6 Å². The summed E-state index contributed by atoms with van der Waals surface area (Å²) in [4.78, 5) is 22.2. The van der Waals surface area contributed by atoms with E-state index < -0.39 is 23.8 Å². The monoisotopic (exact) mass is 906 g/mol. The van der Waals surface area contributed by atoms with Gasteiger partial charge in [-0.05, 0) is 109 Å². The predicted molar refractivity (Wildman–Crippen MR) is 249 cm³/mol. The number of halogens is 1. The van der Waals surface area contributed by atoms with Crippen LogP contribution < -0.4 is 18.9 Å². The summed E-state index contributed by atoms with van der Waals surface area (Å²) >= 11 is 6.12. The van der Waals surface area contributed by atoms with Crippen molar-refractivity contribution in [3.63, 3.8) is 0 Å². The van der Waals surface area contributed by atoms with Gasteiger partial charge in [0.05, 0.1) is 24.1 Å². The number of benzene rings is 4. The molecule has 2 N–H and O–H groups in total. The summed E-state index contributed by atoms with van der Waals surface area (Å²) in [6, 6.07) is 29.0. The van der Waals surface area contributed by atoms with Crippen molar-refractivity contribution in [1.82, 2.24) is 4.90 Å². The summed E-state index contributed by atoms with van der Waals surface area (Å²) in [6.45, 7) is 6.78. The third-order valence-electron chi connectivity index (χ3n) is 12.8. The van der Waals surface area contributed by atoms with Gasteiger partial charge in [-0.2, -0.15) is 0 Å². The maximum Gasteiger partial charge on any atom is 0.410 e. The third-order valence-corrected chi connectivity index (χ3v) is 13.0. The highest BCUT2D eigenvalue weighted by molar-refractivity contribution is 6.18. The van der Waals surface area contributed by atoms with Crippen LogP contribution in [0, 0.1) is 17.8 Å². The predicted octanol–water partition coefficient (Wildman–Crippen LogP) is 10.4. The number of amides is 1. The van der Waals surface area contributed by atoms with E-state index in [-0.39, 0.29) is 69.8 Å². The molecule has 2 aliphatic heterocycles. The van der Waals surface area contributed by atoms with Crippen LogP contribution in [0.25, 0.3) is 11.1 Å². The quantitative estimate of drug-likeness (QED) is 0.0360. The lowest BCUT2D eigenvalue weighted by molar-refractivity contribution is -0.256. The van der Waals surface area contributed by atoms with Crippen molar-refractivity contribution in [2.75, 3.05) is 45.7 Å². The lowest BCUT2D eigenvalue weighted by Gasteiger charge is -2.59. The minimum atomic E-state index is -1.49. The smallest absolute Gasteiger partial charge is 0.410 e. The molecule has 12 nitrogen and oxygen atoms in total. The van der Waals surface area contributed by atoms with E-state index in [1.54, 1.807) is 11.0 Å². The number of fused-ring (bicyclic) bond motifs is 3. The molecule has 1 amide bonds. The number of carbonyl (C=O) groups is 1. The summed E-state index contributed by atoms with van der Waals surface area (Å²) in [5.74, 6) is 1.11. The zero-order valence-corrected chi connectivity index (χ0v) is 37.7. The second-order valence-corrected chi connectivity index (χ2v) is 17.2. The Balaban J connectivity index is 1.29. The highest BCUT2D eigenvalue weighted by atomic mass is 35.5. The van der Waals surface area contributed by atoms with E-state index in [2.05, 4.69) is 43.0 Å². The second kappa shape index (κ2) is 21.6. The van der Waals surface area contributed by atoms with E-state index in [4.69, 9.17) is 50.0 Å². The number of ether oxygens (including phenoxy) is 6. The van der Waals surface area contributed by atoms with Crippen molar-refractivity contribution in [1.29, 1.82) is 0 Å². The summed E-state index contributed by atoms with van der Waals surface area (Å²) < 4.78 is 38.4. The lowest BCUT2D eigenvalue weighted by atomic mass is 9.55. The standard InChI is InChI=1S/C52H59ClN2O10/c1-3-27-62-52-48(55(51(58)59-28-24-53)33-35-16-22-46-47(29-35)61-34-60-46)32-44(54-63-4-2)42-30-38(14-8-10-25-56)41(15-9-11-26-57)49(50(42)52)43-31-40(21-23-45(43)65-52)64-39-19-17-37(18-20-39)36-12-6-5-7-13-36/h3,5-7,12-13,16-23,29-31,38,41,48-50,56-57H,1,4,8-11,14-15,24-28,32-34H2,2H3/t38-,41+,48-,49+,50+,52+/m0/s1. The molecule has 2 heterocycles. The number of carbonyl (C=O) groups excluding carboxylic acids is 1. The van der Waals surface area contributed by atoms with E-state index in [1.807, 2.05) is 67.6 Å². The topological polar surface area (TPSA) is 138 Å². The van der Waals surface area contributed by atoms with Crippen LogP contribution in [0.3, 0.4) is 0 Å². The summed E-state index contributed by atoms with van der Waals surface area (Å²) in [6.07, 6.45) is 8.17. The molecule has 344 valence electrons. The number of hydrogen-bond acceptors (Lipinski definition) is 11. The molecule has 6 atom stereocenters. The minimum Gasteiger partial charge on any atom is -0.459 e. The first kappa shape index (κ1) is 46.0. The van der Waals surface area contributed by atoms with Crippen molar-refractivity contribution in [2.45, 2.75) is 76.2 Å². The number of oxime groups is 1. The van der Waals surface area contributed by atoms with Crippen molar-refractivity contribution in [2.24, 2.45) is 22.9 Å². The highest BCUT2D eigenvalue weighted by Gasteiger charge is 2.65. The summed E-state index contributed by atoms with van der Waals surface area (Å²) in [7, 11) is 0. The highest BCUT2D eigenvalue weighted by Crippen LogP contribution is 2.62. The van der Waals surface area contributed by atoms with E-state index in [9.17, 15) is 15.0 Å². The molecule has 0 saturated heterocycles. The zero-order valence-electron chi connectivity index (χ0n) is 36.9. The van der Waals surface area contributed by atoms with Gasteiger partial charge in [-0.3, -0.25) is 4.90 Å². The Morgan fingerprint density at radius 3 is 2.40 bits per heavy atom. The Morgan fingerprint density at radius 1 is 0.908 bits per heavy atom.